The first kappa shape index (κ1) is 15.2. The molecule has 0 heterocycles. The second-order valence-electron chi connectivity index (χ2n) is 5.21. The van der Waals surface area contributed by atoms with Gasteiger partial charge in [-0.15, -0.1) is 0 Å². The highest BCUT2D eigenvalue weighted by atomic mass is 16.4. The molecule has 0 aliphatic rings. The van der Waals surface area contributed by atoms with Crippen molar-refractivity contribution in [3.8, 4) is 0 Å². The number of carboxylic acid groups (broad SMARTS) is 1. The van der Waals surface area contributed by atoms with Gasteiger partial charge in [-0.2, -0.15) is 0 Å². The van der Waals surface area contributed by atoms with Crippen LogP contribution in [-0.2, 0) is 9.59 Å². The Morgan fingerprint density at radius 1 is 1.11 bits per heavy atom. The topological polar surface area (TPSA) is 69.2 Å². The highest BCUT2D eigenvalue weighted by Crippen LogP contribution is 2.17. The number of hydrogen-bond acceptors (Lipinski definition) is 3. The van der Waals surface area contributed by atoms with Crippen LogP contribution in [0.4, 0.5) is 5.69 Å². The molecule has 1 aromatic rings. The Morgan fingerprint density at radius 3 is 2.16 bits per heavy atom. The number of anilines is 1. The maximum absolute atomic E-state index is 11.7. The van der Waals surface area contributed by atoms with E-state index in [9.17, 15) is 14.7 Å². The number of nitrogens with one attached hydrogen (secondary N) is 1. The lowest BCUT2D eigenvalue weighted by molar-refractivity contribution is -0.306. The van der Waals surface area contributed by atoms with Crippen molar-refractivity contribution < 1.29 is 14.7 Å². The molecule has 0 aliphatic carbocycles. The van der Waals surface area contributed by atoms with E-state index in [2.05, 4.69) is 19.2 Å². The molecule has 19 heavy (non-hydrogen) atoms. The average Bonchev–Trinajstić information content (AvgIpc) is 2.27. The van der Waals surface area contributed by atoms with Gasteiger partial charge in [0, 0.05) is 18.1 Å². The molecule has 0 aromatic heterocycles. The predicted octanol–water partition coefficient (Wildman–Crippen LogP) is 1.91. The number of carbonyl (C=O) groups excluding carboxylic acids is 2. The van der Waals surface area contributed by atoms with Gasteiger partial charge in [-0.3, -0.25) is 4.79 Å². The smallest absolute Gasteiger partial charge is 0.224 e. The van der Waals surface area contributed by atoms with Crippen molar-refractivity contribution in [1.82, 2.24) is 0 Å². The van der Waals surface area contributed by atoms with E-state index in [1.54, 1.807) is 6.92 Å². The number of carbonyl (C=O) groups is 2. The molecule has 0 saturated carbocycles. The van der Waals surface area contributed by atoms with Crippen LogP contribution >= 0.6 is 0 Å². The van der Waals surface area contributed by atoms with E-state index in [0.717, 1.165) is 5.69 Å². The van der Waals surface area contributed by atoms with Crippen LogP contribution in [0.1, 0.15) is 45.1 Å². The molecule has 0 fully saturated rings. The van der Waals surface area contributed by atoms with Gasteiger partial charge >= 0.3 is 0 Å². The van der Waals surface area contributed by atoms with Gasteiger partial charge in [-0.1, -0.05) is 32.9 Å². The predicted molar refractivity (Wildman–Crippen MR) is 72.6 cm³/mol. The molecule has 0 saturated heterocycles. The molecule has 0 spiro atoms. The Hall–Kier alpha value is -1.84. The van der Waals surface area contributed by atoms with Gasteiger partial charge in [0.05, 0.1) is 0 Å². The highest BCUT2D eigenvalue weighted by molar-refractivity contribution is 5.91. The van der Waals surface area contributed by atoms with Crippen LogP contribution in [0.25, 0.3) is 0 Å². The SMILES string of the molecule is CC(C)c1ccc(NC(=O)C[C@@H](C)CC(=O)[O-])cc1. The Labute approximate surface area is 113 Å². The fraction of sp³-hybridized carbons (Fsp3) is 0.467. The first-order chi connectivity index (χ1) is 8.88. The zero-order valence-electron chi connectivity index (χ0n) is 11.6. The van der Waals surface area contributed by atoms with Crippen molar-refractivity contribution in [2.75, 3.05) is 5.32 Å². The molecular formula is C15H20NO3-. The molecule has 4 nitrogen and oxygen atoms in total. The fourth-order valence-electron chi connectivity index (χ4n) is 1.84. The summed E-state index contributed by atoms with van der Waals surface area (Å²) in [6.45, 7) is 5.93. The standard InChI is InChI=1S/C15H21NO3/c1-10(2)12-4-6-13(7-5-12)16-14(17)8-11(3)9-15(18)19/h4-7,10-11H,8-9H2,1-3H3,(H,16,17)(H,18,19)/p-1/t11-/m1/s1. The molecule has 0 aliphatic heterocycles. The molecule has 1 rings (SSSR count). The zero-order chi connectivity index (χ0) is 14.4. The van der Waals surface area contributed by atoms with Crippen molar-refractivity contribution in [2.24, 2.45) is 5.92 Å². The van der Waals surface area contributed by atoms with Crippen molar-refractivity contribution >= 4 is 17.6 Å². The van der Waals surface area contributed by atoms with Crippen molar-refractivity contribution in [1.29, 1.82) is 0 Å². The fourth-order valence-corrected chi connectivity index (χ4v) is 1.84. The first-order valence-electron chi connectivity index (χ1n) is 6.48. The van der Waals surface area contributed by atoms with Crippen LogP contribution in [0, 0.1) is 5.92 Å². The third kappa shape index (κ3) is 5.55. The number of aliphatic carboxylic acids is 1. The van der Waals surface area contributed by atoms with Gasteiger partial charge < -0.3 is 15.2 Å². The van der Waals surface area contributed by atoms with Gasteiger partial charge in [-0.25, -0.2) is 0 Å². The van der Waals surface area contributed by atoms with Gasteiger partial charge in [0.2, 0.25) is 5.91 Å². The normalized spacial score (nSPS) is 12.2. The zero-order valence-corrected chi connectivity index (χ0v) is 11.6. The summed E-state index contributed by atoms with van der Waals surface area (Å²) in [7, 11) is 0. The number of benzene rings is 1. The van der Waals surface area contributed by atoms with Crippen LogP contribution in [0.5, 0.6) is 0 Å². The summed E-state index contributed by atoms with van der Waals surface area (Å²) < 4.78 is 0. The average molecular weight is 262 g/mol. The van der Waals surface area contributed by atoms with Crippen LogP contribution in [0.3, 0.4) is 0 Å². The molecule has 1 amide bonds. The van der Waals surface area contributed by atoms with E-state index in [4.69, 9.17) is 0 Å². The summed E-state index contributed by atoms with van der Waals surface area (Å²) in [6.07, 6.45) is 0.0830. The Balaban J connectivity index is 2.50. The van der Waals surface area contributed by atoms with Crippen LogP contribution < -0.4 is 10.4 Å². The highest BCUT2D eigenvalue weighted by Gasteiger charge is 2.09. The third-order valence-corrected chi connectivity index (χ3v) is 2.91. The van der Waals surface area contributed by atoms with Gasteiger partial charge in [0.1, 0.15) is 0 Å². The number of rotatable bonds is 6. The third-order valence-electron chi connectivity index (χ3n) is 2.91. The second kappa shape index (κ2) is 6.92. The minimum atomic E-state index is -1.12. The van der Waals surface area contributed by atoms with Crippen LogP contribution in [0.15, 0.2) is 24.3 Å². The molecular weight excluding hydrogens is 242 g/mol. The number of carboxylic acids is 1. The van der Waals surface area contributed by atoms with Gasteiger partial charge in [0.15, 0.2) is 0 Å². The van der Waals surface area contributed by atoms with Gasteiger partial charge in [0.25, 0.3) is 0 Å². The molecule has 1 N–H and O–H groups in total. The minimum absolute atomic E-state index is 0.0975. The van der Waals surface area contributed by atoms with E-state index >= 15 is 0 Å². The summed E-state index contributed by atoms with van der Waals surface area (Å²) in [4.78, 5) is 22.1. The van der Waals surface area contributed by atoms with Crippen LogP contribution in [0.2, 0.25) is 0 Å². The Morgan fingerprint density at radius 2 is 1.68 bits per heavy atom. The van der Waals surface area contributed by atoms with Crippen molar-refractivity contribution in [3.63, 3.8) is 0 Å². The monoisotopic (exact) mass is 262 g/mol. The number of hydrogen-bond donors (Lipinski definition) is 1. The van der Waals surface area contributed by atoms with Crippen molar-refractivity contribution in [3.05, 3.63) is 29.8 Å². The molecule has 1 aromatic carbocycles. The molecule has 104 valence electrons. The lowest BCUT2D eigenvalue weighted by Crippen LogP contribution is -2.26. The van der Waals surface area contributed by atoms with E-state index < -0.39 is 5.97 Å². The minimum Gasteiger partial charge on any atom is -0.550 e. The van der Waals surface area contributed by atoms with E-state index in [1.807, 2.05) is 24.3 Å². The first-order valence-corrected chi connectivity index (χ1v) is 6.48. The second-order valence-corrected chi connectivity index (χ2v) is 5.21. The quantitative estimate of drug-likeness (QED) is 0.851. The molecule has 4 heteroatoms. The summed E-state index contributed by atoms with van der Waals surface area (Å²) in [6, 6.07) is 7.67. The summed E-state index contributed by atoms with van der Waals surface area (Å²) >= 11 is 0. The lowest BCUT2D eigenvalue weighted by Gasteiger charge is -2.12. The summed E-state index contributed by atoms with van der Waals surface area (Å²) in [5.74, 6) is -1.07. The molecule has 1 atom stereocenters. The maximum atomic E-state index is 11.7. The van der Waals surface area contributed by atoms with Crippen molar-refractivity contribution in [2.45, 2.75) is 39.5 Å². The maximum Gasteiger partial charge on any atom is 0.224 e. The number of amides is 1. The van der Waals surface area contributed by atoms with E-state index in [1.165, 1.54) is 5.56 Å². The van der Waals surface area contributed by atoms with E-state index in [0.29, 0.717) is 5.92 Å². The lowest BCUT2D eigenvalue weighted by atomic mass is 10.0. The van der Waals surface area contributed by atoms with Crippen LogP contribution in [-0.4, -0.2) is 11.9 Å². The van der Waals surface area contributed by atoms with E-state index in [-0.39, 0.29) is 24.7 Å². The summed E-state index contributed by atoms with van der Waals surface area (Å²) in [5, 5.41) is 13.2. The molecule has 0 radical (unpaired) electrons. The Bertz CT molecular complexity index is 437. The molecule has 0 unspecified atom stereocenters. The molecule has 0 bridgehead atoms. The van der Waals surface area contributed by atoms with Gasteiger partial charge in [-0.05, 0) is 36.0 Å². The largest absolute Gasteiger partial charge is 0.550 e. The Kier molecular flexibility index (Phi) is 5.55. The summed E-state index contributed by atoms with van der Waals surface area (Å²) in [5.41, 5.74) is 1.94.